The summed E-state index contributed by atoms with van der Waals surface area (Å²) in [6, 6.07) is -0.0500. The van der Waals surface area contributed by atoms with Gasteiger partial charge in [0.25, 0.3) is 11.8 Å². The van der Waals surface area contributed by atoms with Gasteiger partial charge in [-0.3, -0.25) is 14.4 Å². The third-order valence-electron chi connectivity index (χ3n) is 6.44. The van der Waals surface area contributed by atoms with Crippen LogP contribution in [0.25, 0.3) is 0 Å². The number of pyridine rings is 1. The number of rotatable bonds is 6. The Hall–Kier alpha value is -2.15. The molecule has 2 amide bonds. The summed E-state index contributed by atoms with van der Waals surface area (Å²) in [7, 11) is 0. The largest absolute Gasteiger partial charge is 0.375 e. The topological polar surface area (TPSA) is 89.4 Å². The van der Waals surface area contributed by atoms with Gasteiger partial charge in [0, 0.05) is 37.6 Å². The summed E-state index contributed by atoms with van der Waals surface area (Å²) in [6.07, 6.45) is 10.4. The molecule has 1 saturated heterocycles. The Morgan fingerprint density at radius 2 is 1.74 bits per heavy atom. The zero-order chi connectivity index (χ0) is 22.6. The van der Waals surface area contributed by atoms with E-state index in [0.717, 1.165) is 12.8 Å². The van der Waals surface area contributed by atoms with Crippen LogP contribution in [-0.2, 0) is 4.74 Å². The molecule has 1 aromatic rings. The van der Waals surface area contributed by atoms with Crippen LogP contribution in [0.1, 0.15) is 99.4 Å². The maximum atomic E-state index is 13.1. The molecule has 0 aromatic carbocycles. The van der Waals surface area contributed by atoms with E-state index in [1.54, 1.807) is 17.0 Å². The molecule has 2 aliphatic rings. The first-order valence-electron chi connectivity index (χ1n) is 11.6. The van der Waals surface area contributed by atoms with Crippen molar-refractivity contribution in [3.63, 3.8) is 0 Å². The minimum absolute atomic E-state index is 0.0130. The predicted molar refractivity (Wildman–Crippen MR) is 121 cm³/mol. The molecule has 0 spiro atoms. The standard InChI is InChI=1S/C24H37N3O4/c1-16(2)27-14-19(22(29)25-13-17-8-6-5-7-9-17)21(28)20(15-27)23(30)26-18-10-11-31-24(3,4)12-18/h14-18H,5-13H2,1-4H3,(H,25,29)(H,26,30). The summed E-state index contributed by atoms with van der Waals surface area (Å²) in [5, 5.41) is 5.92. The average molecular weight is 432 g/mol. The summed E-state index contributed by atoms with van der Waals surface area (Å²) >= 11 is 0. The molecule has 1 aliphatic carbocycles. The van der Waals surface area contributed by atoms with Crippen molar-refractivity contribution in [2.75, 3.05) is 13.2 Å². The Bertz CT molecular complexity index is 853. The zero-order valence-corrected chi connectivity index (χ0v) is 19.3. The summed E-state index contributed by atoms with van der Waals surface area (Å²) in [5.41, 5.74) is -0.774. The number of ether oxygens (including phenoxy) is 1. The minimum Gasteiger partial charge on any atom is -0.375 e. The Labute approximate surface area is 184 Å². The van der Waals surface area contributed by atoms with Crippen LogP contribution in [0.4, 0.5) is 0 Å². The molecule has 2 fully saturated rings. The van der Waals surface area contributed by atoms with Crippen LogP contribution in [0.15, 0.2) is 17.2 Å². The predicted octanol–water partition coefficient (Wildman–Crippen LogP) is 3.43. The van der Waals surface area contributed by atoms with Crippen molar-refractivity contribution in [3.8, 4) is 0 Å². The van der Waals surface area contributed by atoms with E-state index in [1.807, 2.05) is 27.7 Å². The molecule has 7 heteroatoms. The molecule has 172 valence electrons. The van der Waals surface area contributed by atoms with Gasteiger partial charge in [-0.05, 0) is 59.3 Å². The summed E-state index contributed by atoms with van der Waals surface area (Å²) in [4.78, 5) is 39.0. The highest BCUT2D eigenvalue weighted by Crippen LogP contribution is 2.24. The Morgan fingerprint density at radius 1 is 1.10 bits per heavy atom. The fraction of sp³-hybridized carbons (Fsp3) is 0.708. The van der Waals surface area contributed by atoms with E-state index in [2.05, 4.69) is 10.6 Å². The molecule has 1 aliphatic heterocycles. The molecular weight excluding hydrogens is 394 g/mol. The molecule has 2 N–H and O–H groups in total. The van der Waals surface area contributed by atoms with Gasteiger partial charge in [-0.25, -0.2) is 0 Å². The summed E-state index contributed by atoms with van der Waals surface area (Å²) in [6.45, 7) is 9.04. The van der Waals surface area contributed by atoms with Crippen molar-refractivity contribution in [1.29, 1.82) is 0 Å². The first-order chi connectivity index (χ1) is 14.7. The highest BCUT2D eigenvalue weighted by atomic mass is 16.5. The van der Waals surface area contributed by atoms with Crippen LogP contribution < -0.4 is 16.1 Å². The van der Waals surface area contributed by atoms with Gasteiger partial charge in [0.2, 0.25) is 5.43 Å². The first-order valence-corrected chi connectivity index (χ1v) is 11.6. The number of hydrogen-bond acceptors (Lipinski definition) is 4. The Kier molecular flexibility index (Phi) is 7.57. The second-order valence-electron chi connectivity index (χ2n) is 9.94. The molecule has 1 unspecified atom stereocenters. The summed E-state index contributed by atoms with van der Waals surface area (Å²) in [5.74, 6) is -0.357. The molecule has 1 saturated carbocycles. The fourth-order valence-corrected chi connectivity index (χ4v) is 4.56. The van der Waals surface area contributed by atoms with E-state index in [4.69, 9.17) is 4.74 Å². The van der Waals surface area contributed by atoms with Crippen molar-refractivity contribution in [2.45, 2.75) is 90.3 Å². The highest BCUT2D eigenvalue weighted by molar-refractivity contribution is 5.99. The van der Waals surface area contributed by atoms with Crippen molar-refractivity contribution in [1.82, 2.24) is 15.2 Å². The summed E-state index contributed by atoms with van der Waals surface area (Å²) < 4.78 is 7.48. The van der Waals surface area contributed by atoms with Gasteiger partial charge in [-0.15, -0.1) is 0 Å². The second-order valence-corrected chi connectivity index (χ2v) is 9.94. The average Bonchev–Trinajstić information content (AvgIpc) is 2.72. The van der Waals surface area contributed by atoms with Crippen molar-refractivity contribution >= 4 is 11.8 Å². The van der Waals surface area contributed by atoms with Crippen LogP contribution in [0.3, 0.4) is 0 Å². The third-order valence-corrected chi connectivity index (χ3v) is 6.44. The van der Waals surface area contributed by atoms with Gasteiger partial charge >= 0.3 is 0 Å². The lowest BCUT2D eigenvalue weighted by atomic mass is 9.89. The van der Waals surface area contributed by atoms with E-state index in [9.17, 15) is 14.4 Å². The van der Waals surface area contributed by atoms with Crippen LogP contribution in [0.2, 0.25) is 0 Å². The van der Waals surface area contributed by atoms with Crippen LogP contribution >= 0.6 is 0 Å². The quantitative estimate of drug-likeness (QED) is 0.722. The lowest BCUT2D eigenvalue weighted by Gasteiger charge is -2.35. The maximum Gasteiger partial charge on any atom is 0.256 e. The molecule has 0 radical (unpaired) electrons. The SMILES string of the molecule is CC(C)n1cc(C(=O)NCC2CCCCC2)c(=O)c(C(=O)NC2CCOC(C)(C)C2)c1. The number of nitrogens with zero attached hydrogens (tertiary/aromatic N) is 1. The number of hydrogen-bond donors (Lipinski definition) is 2. The van der Waals surface area contributed by atoms with Crippen molar-refractivity contribution in [2.24, 2.45) is 5.92 Å². The fourth-order valence-electron chi connectivity index (χ4n) is 4.56. The van der Waals surface area contributed by atoms with Gasteiger partial charge < -0.3 is 19.9 Å². The van der Waals surface area contributed by atoms with Crippen LogP contribution in [0.5, 0.6) is 0 Å². The Balaban J connectivity index is 1.78. The molecule has 7 nitrogen and oxygen atoms in total. The molecule has 1 atom stereocenters. The van der Waals surface area contributed by atoms with Gasteiger partial charge in [-0.2, -0.15) is 0 Å². The van der Waals surface area contributed by atoms with Crippen molar-refractivity contribution in [3.05, 3.63) is 33.7 Å². The number of aromatic nitrogens is 1. The highest BCUT2D eigenvalue weighted by Gasteiger charge is 2.31. The van der Waals surface area contributed by atoms with Gasteiger partial charge in [-0.1, -0.05) is 19.3 Å². The van der Waals surface area contributed by atoms with Crippen LogP contribution in [-0.4, -0.2) is 41.2 Å². The number of carbonyl (C=O) groups excluding carboxylic acids is 2. The minimum atomic E-state index is -0.512. The van der Waals surface area contributed by atoms with Crippen LogP contribution in [0, 0.1) is 5.92 Å². The lowest BCUT2D eigenvalue weighted by molar-refractivity contribution is -0.0615. The molecular formula is C24H37N3O4. The van der Waals surface area contributed by atoms with Crippen molar-refractivity contribution < 1.29 is 14.3 Å². The third kappa shape index (κ3) is 6.19. The molecule has 2 heterocycles. The molecule has 1 aromatic heterocycles. The maximum absolute atomic E-state index is 13.1. The number of amides is 2. The monoisotopic (exact) mass is 431 g/mol. The number of carbonyl (C=O) groups is 2. The Morgan fingerprint density at radius 3 is 2.35 bits per heavy atom. The van der Waals surface area contributed by atoms with E-state index in [1.165, 1.54) is 19.3 Å². The normalized spacial score (nSPS) is 21.6. The smallest absolute Gasteiger partial charge is 0.256 e. The second kappa shape index (κ2) is 9.98. The van der Waals surface area contributed by atoms with E-state index < -0.39 is 17.2 Å². The first kappa shape index (κ1) is 23.5. The van der Waals surface area contributed by atoms with E-state index >= 15 is 0 Å². The molecule has 31 heavy (non-hydrogen) atoms. The molecule has 0 bridgehead atoms. The molecule has 3 rings (SSSR count). The zero-order valence-electron chi connectivity index (χ0n) is 19.3. The number of nitrogens with one attached hydrogen (secondary N) is 2. The van der Waals surface area contributed by atoms with Gasteiger partial charge in [0.15, 0.2) is 0 Å². The van der Waals surface area contributed by atoms with E-state index in [-0.39, 0.29) is 28.8 Å². The van der Waals surface area contributed by atoms with Gasteiger partial charge in [0.05, 0.1) is 5.60 Å². The lowest BCUT2D eigenvalue weighted by Crippen LogP contribution is -2.47. The van der Waals surface area contributed by atoms with E-state index in [0.29, 0.717) is 31.9 Å². The van der Waals surface area contributed by atoms with Gasteiger partial charge in [0.1, 0.15) is 11.1 Å².